The number of amides is 1. The number of halogens is 5. The number of hydrogen-bond donors (Lipinski definition) is 0. The van der Waals surface area contributed by atoms with Crippen molar-refractivity contribution in [2.45, 2.75) is 101 Å². The summed E-state index contributed by atoms with van der Waals surface area (Å²) in [5.41, 5.74) is 0.310. The van der Waals surface area contributed by atoms with Crippen LogP contribution in [-0.4, -0.2) is 68.2 Å². The summed E-state index contributed by atoms with van der Waals surface area (Å²) >= 11 is 0. The average molecular weight is 508 g/mol. The van der Waals surface area contributed by atoms with Gasteiger partial charge in [-0.2, -0.15) is 17.6 Å². The third kappa shape index (κ3) is 7.61. The SMILES string of the molecule is CN(C(=O)C(F)(OCF)C(F)(F)F)C1CCCC([Si](C)(C)CC[Si](C)(C)O[SiH](C)C)C1. The maximum absolute atomic E-state index is 14.4. The van der Waals surface area contributed by atoms with Crippen LogP contribution >= 0.6 is 0 Å². The van der Waals surface area contributed by atoms with Gasteiger partial charge in [0, 0.05) is 13.1 Å². The molecule has 0 aromatic carbocycles. The Morgan fingerprint density at radius 2 is 1.68 bits per heavy atom. The minimum Gasteiger partial charge on any atom is -0.458 e. The molecule has 0 spiro atoms. The van der Waals surface area contributed by atoms with Gasteiger partial charge in [0.05, 0.1) is 8.07 Å². The van der Waals surface area contributed by atoms with E-state index in [1.165, 1.54) is 0 Å². The van der Waals surface area contributed by atoms with Crippen molar-refractivity contribution in [2.24, 2.45) is 0 Å². The second kappa shape index (κ2) is 10.7. The highest BCUT2D eigenvalue weighted by Gasteiger charge is 2.65. The topological polar surface area (TPSA) is 38.8 Å². The number of ether oxygens (including phenoxy) is 1. The van der Waals surface area contributed by atoms with Crippen molar-refractivity contribution in [3.63, 3.8) is 0 Å². The Labute approximate surface area is 186 Å². The number of alkyl halides is 5. The third-order valence-corrected chi connectivity index (χ3v) is 17.1. The molecule has 0 aliphatic heterocycles. The number of carbonyl (C=O) groups is 1. The Balaban J connectivity index is 2.89. The van der Waals surface area contributed by atoms with E-state index < -0.39 is 56.3 Å². The molecule has 0 radical (unpaired) electrons. The Bertz CT molecular complexity index is 607. The summed E-state index contributed by atoms with van der Waals surface area (Å²) < 4.78 is 76.1. The van der Waals surface area contributed by atoms with Crippen molar-refractivity contribution in [3.05, 3.63) is 0 Å². The second-order valence-electron chi connectivity index (χ2n) is 10.2. The van der Waals surface area contributed by atoms with Crippen molar-refractivity contribution in [1.29, 1.82) is 0 Å². The Morgan fingerprint density at radius 3 is 2.16 bits per heavy atom. The first kappa shape index (κ1) is 28.7. The third-order valence-electron chi connectivity index (χ3n) is 6.44. The van der Waals surface area contributed by atoms with E-state index in [1.807, 2.05) is 0 Å². The van der Waals surface area contributed by atoms with Gasteiger partial charge in [-0.25, -0.2) is 4.39 Å². The minimum atomic E-state index is -5.65. The predicted molar refractivity (Wildman–Crippen MR) is 120 cm³/mol. The van der Waals surface area contributed by atoms with Gasteiger partial charge in [-0.1, -0.05) is 32.0 Å². The number of carbonyl (C=O) groups excluding carboxylic acids is 1. The van der Waals surface area contributed by atoms with Gasteiger partial charge in [0.15, 0.2) is 24.2 Å². The average Bonchev–Trinajstić information content (AvgIpc) is 2.64. The molecule has 0 bridgehead atoms. The van der Waals surface area contributed by atoms with E-state index in [2.05, 4.69) is 44.0 Å². The summed E-state index contributed by atoms with van der Waals surface area (Å²) in [5, 5.41) is 0. The molecule has 0 N–H and O–H groups in total. The van der Waals surface area contributed by atoms with Crippen LogP contribution in [0.3, 0.4) is 0 Å². The lowest BCUT2D eigenvalue weighted by molar-refractivity contribution is -0.327. The van der Waals surface area contributed by atoms with E-state index in [0.717, 1.165) is 36.9 Å². The Hall–Kier alpha value is -0.309. The van der Waals surface area contributed by atoms with Crippen LogP contribution in [0.15, 0.2) is 0 Å². The fraction of sp³-hybridized carbons (Fsp3) is 0.947. The maximum Gasteiger partial charge on any atom is 0.458 e. The van der Waals surface area contributed by atoms with Crippen LogP contribution in [0.4, 0.5) is 22.0 Å². The molecule has 1 saturated carbocycles. The molecule has 31 heavy (non-hydrogen) atoms. The highest BCUT2D eigenvalue weighted by Crippen LogP contribution is 2.43. The first-order valence-electron chi connectivity index (χ1n) is 10.9. The van der Waals surface area contributed by atoms with Crippen LogP contribution < -0.4 is 0 Å². The smallest absolute Gasteiger partial charge is 0.458 e. The molecular weight excluding hydrogens is 469 g/mol. The molecule has 1 fully saturated rings. The van der Waals surface area contributed by atoms with Crippen LogP contribution in [0.2, 0.25) is 56.9 Å². The van der Waals surface area contributed by atoms with Gasteiger partial charge >= 0.3 is 12.0 Å². The van der Waals surface area contributed by atoms with Crippen LogP contribution in [0.1, 0.15) is 25.7 Å². The largest absolute Gasteiger partial charge is 0.458 e. The molecule has 0 saturated heterocycles. The normalized spacial score (nSPS) is 23.0. The van der Waals surface area contributed by atoms with Gasteiger partial charge in [0.25, 0.3) is 5.91 Å². The number of rotatable bonds is 10. The number of nitrogens with zero attached hydrogens (tertiary/aromatic N) is 1. The standard InChI is InChI=1S/C19H38F5NO3Si3/c1-25(17(26)18(21,27-14-20)19(22,23)24)15-9-8-10-16(13-15)30(4,5)11-12-31(6,7)28-29(2)3/h15-16,29H,8-14H2,1-7H3. The maximum atomic E-state index is 14.4. The fourth-order valence-corrected chi connectivity index (χ4v) is 17.3. The summed E-state index contributed by atoms with van der Waals surface area (Å²) in [6, 6.07) is 1.57. The second-order valence-corrected chi connectivity index (χ2v) is 22.5. The molecule has 1 rings (SSSR count). The summed E-state index contributed by atoms with van der Waals surface area (Å²) in [6.07, 6.45) is -2.90. The zero-order chi connectivity index (χ0) is 24.3. The van der Waals surface area contributed by atoms with Crippen molar-refractivity contribution < 1.29 is 35.6 Å². The number of hydrogen-bond acceptors (Lipinski definition) is 3. The van der Waals surface area contributed by atoms with E-state index in [1.54, 1.807) is 0 Å². The van der Waals surface area contributed by atoms with Crippen molar-refractivity contribution in [2.75, 3.05) is 13.9 Å². The summed E-state index contributed by atoms with van der Waals surface area (Å²) in [5.74, 6) is -6.55. The van der Waals surface area contributed by atoms with Gasteiger partial charge in [0.1, 0.15) is 0 Å². The monoisotopic (exact) mass is 507 g/mol. The summed E-state index contributed by atoms with van der Waals surface area (Å²) in [7, 11) is -3.47. The van der Waals surface area contributed by atoms with Gasteiger partial charge < -0.3 is 9.02 Å². The summed E-state index contributed by atoms with van der Waals surface area (Å²) in [6.45, 7) is 11.3. The van der Waals surface area contributed by atoms with E-state index in [4.69, 9.17) is 4.12 Å². The molecule has 184 valence electrons. The lowest BCUT2D eigenvalue weighted by Crippen LogP contribution is -2.58. The molecular formula is C19H38F5NO3Si3. The molecule has 1 aliphatic carbocycles. The molecule has 0 aromatic rings. The van der Waals surface area contributed by atoms with Gasteiger partial charge in [-0.3, -0.25) is 9.53 Å². The Kier molecular flexibility index (Phi) is 9.96. The molecule has 1 amide bonds. The molecule has 4 nitrogen and oxygen atoms in total. The van der Waals surface area contributed by atoms with Crippen LogP contribution in [0.5, 0.6) is 0 Å². The lowest BCUT2D eigenvalue weighted by Gasteiger charge is -2.43. The Morgan fingerprint density at radius 1 is 1.10 bits per heavy atom. The minimum absolute atomic E-state index is 0.310. The quantitative estimate of drug-likeness (QED) is 0.275. The first-order chi connectivity index (χ1) is 14.0. The zero-order valence-electron chi connectivity index (χ0n) is 19.7. The lowest BCUT2D eigenvalue weighted by atomic mass is 9.93. The fourth-order valence-electron chi connectivity index (χ4n) is 4.48. The predicted octanol–water partition coefficient (Wildman–Crippen LogP) is 5.84. The van der Waals surface area contributed by atoms with Gasteiger partial charge in [-0.05, 0) is 50.6 Å². The van der Waals surface area contributed by atoms with Crippen LogP contribution in [0, 0.1) is 0 Å². The molecule has 3 atom stereocenters. The first-order valence-corrected chi connectivity index (χ1v) is 20.1. The highest BCUT2D eigenvalue weighted by atomic mass is 28.4. The van der Waals surface area contributed by atoms with Gasteiger partial charge in [-0.15, -0.1) is 0 Å². The highest BCUT2D eigenvalue weighted by molar-refractivity contribution is 6.83. The molecule has 12 heteroatoms. The van der Waals surface area contributed by atoms with Gasteiger partial charge in [0.2, 0.25) is 0 Å². The van der Waals surface area contributed by atoms with E-state index in [0.29, 0.717) is 18.4 Å². The van der Waals surface area contributed by atoms with E-state index in [9.17, 15) is 26.7 Å². The zero-order valence-corrected chi connectivity index (χ0v) is 22.9. The molecule has 1 aliphatic rings. The summed E-state index contributed by atoms with van der Waals surface area (Å²) in [4.78, 5) is 13.1. The number of likely N-dealkylation sites (N-methyl/N-ethyl adjacent to an activating group) is 1. The van der Waals surface area contributed by atoms with Crippen molar-refractivity contribution >= 4 is 31.3 Å². The van der Waals surface area contributed by atoms with E-state index >= 15 is 0 Å². The van der Waals surface area contributed by atoms with Crippen molar-refractivity contribution in [1.82, 2.24) is 4.90 Å². The molecule has 0 heterocycles. The van der Waals surface area contributed by atoms with Crippen molar-refractivity contribution in [3.8, 4) is 0 Å². The van der Waals surface area contributed by atoms with Crippen LogP contribution in [-0.2, 0) is 13.6 Å². The molecule has 0 aromatic heterocycles. The van der Waals surface area contributed by atoms with Crippen LogP contribution in [0.25, 0.3) is 0 Å². The molecule has 3 unspecified atom stereocenters. The van der Waals surface area contributed by atoms with E-state index in [-0.39, 0.29) is 0 Å².